The Labute approximate surface area is 195 Å². The highest BCUT2D eigenvalue weighted by molar-refractivity contribution is 6.02. The summed E-state index contributed by atoms with van der Waals surface area (Å²) >= 11 is 0. The lowest BCUT2D eigenvalue weighted by Crippen LogP contribution is -2.18. The fourth-order valence-electron chi connectivity index (χ4n) is 4.28. The summed E-state index contributed by atoms with van der Waals surface area (Å²) in [5.74, 6) is -0.161. The number of esters is 1. The number of rotatable bonds is 6. The topological polar surface area (TPSA) is 106 Å². The minimum absolute atomic E-state index is 0.304. The van der Waals surface area contributed by atoms with Gasteiger partial charge in [0.05, 0.1) is 19.0 Å². The third-order valence-electron chi connectivity index (χ3n) is 5.80. The number of amides is 1. The number of H-pyrrole nitrogens is 1. The van der Waals surface area contributed by atoms with Crippen molar-refractivity contribution >= 4 is 28.9 Å². The average Bonchev–Trinajstić information content (AvgIpc) is 3.49. The molecule has 0 unspecified atom stereocenters. The Morgan fingerprint density at radius 2 is 1.88 bits per heavy atom. The van der Waals surface area contributed by atoms with E-state index in [0.717, 1.165) is 23.8 Å². The van der Waals surface area contributed by atoms with Gasteiger partial charge in [-0.05, 0) is 64.6 Å². The van der Waals surface area contributed by atoms with Crippen LogP contribution < -0.4 is 14.9 Å². The van der Waals surface area contributed by atoms with Gasteiger partial charge in [0.1, 0.15) is 5.69 Å². The molecule has 3 aromatic carbocycles. The fourth-order valence-corrected chi connectivity index (χ4v) is 4.28. The van der Waals surface area contributed by atoms with Crippen molar-refractivity contribution in [2.24, 2.45) is 5.10 Å². The summed E-state index contributed by atoms with van der Waals surface area (Å²) in [5, 5.41) is 13.6. The molecule has 0 fully saturated rings. The van der Waals surface area contributed by atoms with Gasteiger partial charge >= 0.3 is 5.97 Å². The van der Waals surface area contributed by atoms with Gasteiger partial charge in [0.25, 0.3) is 5.91 Å². The monoisotopic (exact) mass is 454 g/mol. The van der Waals surface area contributed by atoms with Gasteiger partial charge in [-0.25, -0.2) is 5.43 Å². The fraction of sp³-hybridized carbons (Fsp3) is 0.154. The van der Waals surface area contributed by atoms with Crippen molar-refractivity contribution in [1.29, 1.82) is 0 Å². The van der Waals surface area contributed by atoms with Crippen LogP contribution in [-0.2, 0) is 17.6 Å². The van der Waals surface area contributed by atoms with Crippen LogP contribution in [0.4, 0.5) is 0 Å². The molecule has 0 bridgehead atoms. The first-order chi connectivity index (χ1) is 16.5. The van der Waals surface area contributed by atoms with Crippen molar-refractivity contribution in [3.05, 3.63) is 77.0 Å². The molecule has 170 valence electrons. The zero-order chi connectivity index (χ0) is 23.7. The summed E-state index contributed by atoms with van der Waals surface area (Å²) in [6.07, 6.45) is 3.58. The van der Waals surface area contributed by atoms with Gasteiger partial charge in [-0.1, -0.05) is 30.3 Å². The number of ether oxygens (including phenoxy) is 2. The number of nitrogens with zero attached hydrogens (tertiary/aromatic N) is 2. The number of methoxy groups -OCH3 is 1. The van der Waals surface area contributed by atoms with E-state index in [2.05, 4.69) is 51.1 Å². The van der Waals surface area contributed by atoms with Gasteiger partial charge in [0, 0.05) is 12.5 Å². The summed E-state index contributed by atoms with van der Waals surface area (Å²) in [5.41, 5.74) is 7.86. The van der Waals surface area contributed by atoms with E-state index >= 15 is 0 Å². The van der Waals surface area contributed by atoms with Crippen molar-refractivity contribution in [1.82, 2.24) is 15.6 Å². The second-order valence-corrected chi connectivity index (χ2v) is 7.98. The third kappa shape index (κ3) is 4.01. The number of nitrogens with one attached hydrogen (secondary N) is 2. The quantitative estimate of drug-likeness (QED) is 0.198. The molecule has 1 heterocycles. The molecule has 8 heteroatoms. The maximum absolute atomic E-state index is 12.6. The van der Waals surface area contributed by atoms with E-state index in [0.29, 0.717) is 28.5 Å². The summed E-state index contributed by atoms with van der Waals surface area (Å²) in [6.45, 7) is 1.32. The highest BCUT2D eigenvalue weighted by atomic mass is 16.6. The van der Waals surface area contributed by atoms with Crippen LogP contribution in [0.1, 0.15) is 34.1 Å². The van der Waals surface area contributed by atoms with Gasteiger partial charge in [-0.3, -0.25) is 14.7 Å². The highest BCUT2D eigenvalue weighted by Crippen LogP contribution is 2.36. The molecule has 1 amide bonds. The van der Waals surface area contributed by atoms with E-state index in [4.69, 9.17) is 9.47 Å². The van der Waals surface area contributed by atoms with E-state index in [9.17, 15) is 9.59 Å². The molecule has 34 heavy (non-hydrogen) atoms. The SMILES string of the molecule is COc1cc(/C=N/NC(=O)c2cc(-c3ccc4c5c(cccc35)CC4)n[nH]2)ccc1OC(C)=O. The smallest absolute Gasteiger partial charge is 0.308 e. The van der Waals surface area contributed by atoms with E-state index in [1.54, 1.807) is 24.3 Å². The largest absolute Gasteiger partial charge is 0.493 e. The number of hydrogen-bond donors (Lipinski definition) is 2. The molecule has 0 atom stereocenters. The van der Waals surface area contributed by atoms with Gasteiger partial charge in [0.2, 0.25) is 0 Å². The number of hydrazone groups is 1. The van der Waals surface area contributed by atoms with Crippen molar-refractivity contribution in [2.45, 2.75) is 19.8 Å². The molecule has 5 rings (SSSR count). The Kier molecular flexibility index (Phi) is 5.55. The molecule has 0 saturated heterocycles. The molecule has 1 aliphatic rings. The zero-order valence-corrected chi connectivity index (χ0v) is 18.7. The Morgan fingerprint density at radius 1 is 1.06 bits per heavy atom. The predicted octanol–water partition coefficient (Wildman–Crippen LogP) is 4.03. The molecule has 0 aliphatic heterocycles. The lowest BCUT2D eigenvalue weighted by molar-refractivity contribution is -0.132. The zero-order valence-electron chi connectivity index (χ0n) is 18.7. The van der Waals surface area contributed by atoms with Gasteiger partial charge in [-0.2, -0.15) is 10.2 Å². The van der Waals surface area contributed by atoms with Crippen molar-refractivity contribution in [3.8, 4) is 22.8 Å². The molecular formula is C26H22N4O4. The van der Waals surface area contributed by atoms with Gasteiger partial charge < -0.3 is 9.47 Å². The number of aromatic nitrogens is 2. The maximum atomic E-state index is 12.6. The molecule has 4 aromatic rings. The average molecular weight is 454 g/mol. The Balaban J connectivity index is 1.32. The Morgan fingerprint density at radius 3 is 2.68 bits per heavy atom. The Bertz CT molecular complexity index is 1440. The van der Waals surface area contributed by atoms with E-state index in [-0.39, 0.29) is 0 Å². The number of hydrogen-bond acceptors (Lipinski definition) is 6. The van der Waals surface area contributed by atoms with Crippen LogP contribution in [0.15, 0.2) is 59.7 Å². The molecule has 2 N–H and O–H groups in total. The van der Waals surface area contributed by atoms with Crippen LogP contribution in [0, 0.1) is 0 Å². The summed E-state index contributed by atoms with van der Waals surface area (Å²) in [7, 11) is 1.48. The molecule has 1 aliphatic carbocycles. The van der Waals surface area contributed by atoms with E-state index in [1.165, 1.54) is 36.8 Å². The highest BCUT2D eigenvalue weighted by Gasteiger charge is 2.18. The second kappa shape index (κ2) is 8.82. The minimum atomic E-state index is -0.442. The first kappa shape index (κ1) is 21.4. The number of carbonyl (C=O) groups is 2. The molecule has 0 saturated carbocycles. The van der Waals surface area contributed by atoms with Crippen molar-refractivity contribution < 1.29 is 19.1 Å². The lowest BCUT2D eigenvalue weighted by atomic mass is 9.98. The van der Waals surface area contributed by atoms with Crippen LogP contribution in [0.2, 0.25) is 0 Å². The first-order valence-corrected chi connectivity index (χ1v) is 10.8. The Hall–Kier alpha value is -4.46. The maximum Gasteiger partial charge on any atom is 0.308 e. The van der Waals surface area contributed by atoms with Gasteiger partial charge in [-0.15, -0.1) is 0 Å². The first-order valence-electron chi connectivity index (χ1n) is 10.8. The van der Waals surface area contributed by atoms with Crippen molar-refractivity contribution in [2.75, 3.05) is 7.11 Å². The van der Waals surface area contributed by atoms with E-state index in [1.807, 2.05) is 0 Å². The molecule has 0 spiro atoms. The normalized spacial score (nSPS) is 12.3. The molecule has 0 radical (unpaired) electrons. The minimum Gasteiger partial charge on any atom is -0.493 e. The molecular weight excluding hydrogens is 432 g/mol. The number of aromatic amines is 1. The third-order valence-corrected chi connectivity index (χ3v) is 5.80. The lowest BCUT2D eigenvalue weighted by Gasteiger charge is -2.08. The summed E-state index contributed by atoms with van der Waals surface area (Å²) in [4.78, 5) is 23.8. The van der Waals surface area contributed by atoms with Crippen molar-refractivity contribution in [3.63, 3.8) is 0 Å². The predicted molar refractivity (Wildman–Crippen MR) is 128 cm³/mol. The number of benzene rings is 3. The van der Waals surface area contributed by atoms with Crippen LogP contribution in [0.25, 0.3) is 22.0 Å². The summed E-state index contributed by atoms with van der Waals surface area (Å²) < 4.78 is 10.3. The molecule has 8 nitrogen and oxygen atoms in total. The number of aryl methyl sites for hydroxylation is 2. The van der Waals surface area contributed by atoms with Crippen LogP contribution in [0.5, 0.6) is 11.5 Å². The van der Waals surface area contributed by atoms with Gasteiger partial charge in [0.15, 0.2) is 11.5 Å². The van der Waals surface area contributed by atoms with E-state index < -0.39 is 11.9 Å². The van der Waals surface area contributed by atoms with Crippen LogP contribution >= 0.6 is 0 Å². The standard InChI is InChI=1S/C26H22N4O4/c1-15(31)34-23-11-6-16(12-24(23)33-2)14-27-30-26(32)22-13-21(28-29-22)19-10-9-18-8-7-17-4-3-5-20(19)25(17)18/h3-6,9-14H,7-8H2,1-2H3,(H,28,29)(H,30,32)/b27-14+. The number of carbonyl (C=O) groups excluding carboxylic acids is 2. The second-order valence-electron chi connectivity index (χ2n) is 7.98. The molecule has 1 aromatic heterocycles. The van der Waals surface area contributed by atoms with Crippen LogP contribution in [0.3, 0.4) is 0 Å². The van der Waals surface area contributed by atoms with Crippen LogP contribution in [-0.4, -0.2) is 35.4 Å². The summed E-state index contributed by atoms with van der Waals surface area (Å²) in [6, 6.07) is 17.2.